The van der Waals surface area contributed by atoms with Gasteiger partial charge < -0.3 is 9.30 Å². The second-order valence-corrected chi connectivity index (χ2v) is 9.03. The van der Waals surface area contributed by atoms with Gasteiger partial charge in [0.05, 0.1) is 23.3 Å². The summed E-state index contributed by atoms with van der Waals surface area (Å²) in [7, 11) is 0. The highest BCUT2D eigenvalue weighted by Crippen LogP contribution is 2.29. The number of carbonyl (C=O) groups excluding carboxylic acids is 2. The molecule has 0 radical (unpaired) electrons. The number of esters is 1. The predicted octanol–water partition coefficient (Wildman–Crippen LogP) is 4.98. The number of benzene rings is 1. The molecule has 0 spiro atoms. The molecule has 2 aromatic heterocycles. The molecule has 1 aromatic carbocycles. The quantitative estimate of drug-likeness (QED) is 0.328. The average molecular weight is 450 g/mol. The van der Waals surface area contributed by atoms with E-state index in [1.54, 1.807) is 36.6 Å². The maximum atomic E-state index is 12.5. The lowest BCUT2D eigenvalue weighted by atomic mass is 9.99. The lowest BCUT2D eigenvalue weighted by Crippen LogP contribution is -2.16. The van der Waals surface area contributed by atoms with Crippen molar-refractivity contribution < 1.29 is 14.3 Å². The molecule has 0 atom stereocenters. The van der Waals surface area contributed by atoms with E-state index in [2.05, 4.69) is 15.1 Å². The Balaban J connectivity index is 1.47. The van der Waals surface area contributed by atoms with Crippen LogP contribution in [0.3, 0.4) is 0 Å². The summed E-state index contributed by atoms with van der Waals surface area (Å²) in [5.41, 5.74) is 8.40. The number of hydrazone groups is 1. The number of amides is 1. The van der Waals surface area contributed by atoms with Gasteiger partial charge in [0.15, 0.2) is 0 Å². The van der Waals surface area contributed by atoms with Crippen molar-refractivity contribution in [3.05, 3.63) is 74.2 Å². The zero-order chi connectivity index (χ0) is 22.7. The number of nitrogens with zero attached hydrogens (tertiary/aromatic N) is 2. The summed E-state index contributed by atoms with van der Waals surface area (Å²) >= 11 is 1.58. The van der Waals surface area contributed by atoms with Gasteiger partial charge in [-0.05, 0) is 88.4 Å². The van der Waals surface area contributed by atoms with Gasteiger partial charge in [0, 0.05) is 27.5 Å². The zero-order valence-electron chi connectivity index (χ0n) is 18.6. The maximum Gasteiger partial charge on any atom is 0.338 e. The second-order valence-electron chi connectivity index (χ2n) is 7.89. The standard InChI is InChI=1S/C25H27N3O3S/c1-4-31-25(30)18-9-11-21(12-10-18)28-16(2)13-20(17(28)3)15-26-27-24(29)23-14-19-7-5-6-8-22(19)32-23/h9-15H,4-8H2,1-3H3,(H,27,29)/b26-15-. The largest absolute Gasteiger partial charge is 0.462 e. The molecule has 0 unspecified atom stereocenters. The third-order valence-electron chi connectivity index (χ3n) is 5.70. The van der Waals surface area contributed by atoms with Gasteiger partial charge in [0.2, 0.25) is 0 Å². The lowest BCUT2D eigenvalue weighted by Gasteiger charge is -2.10. The molecule has 3 aromatic rings. The van der Waals surface area contributed by atoms with Crippen LogP contribution < -0.4 is 5.43 Å². The topological polar surface area (TPSA) is 72.7 Å². The molecular formula is C25H27N3O3S. The van der Waals surface area contributed by atoms with E-state index >= 15 is 0 Å². The van der Waals surface area contributed by atoms with Gasteiger partial charge in [-0.15, -0.1) is 11.3 Å². The number of ether oxygens (including phenoxy) is 1. The van der Waals surface area contributed by atoms with Crippen LogP contribution in [-0.4, -0.2) is 29.3 Å². The normalized spacial score (nSPS) is 13.2. The Hall–Kier alpha value is -3.19. The Morgan fingerprint density at radius 1 is 1.16 bits per heavy atom. The van der Waals surface area contributed by atoms with Crippen LogP contribution in [0.1, 0.15) is 67.2 Å². The first kappa shape index (κ1) is 22.0. The third kappa shape index (κ3) is 4.53. The van der Waals surface area contributed by atoms with E-state index in [1.807, 2.05) is 38.1 Å². The van der Waals surface area contributed by atoms with Crippen LogP contribution in [0, 0.1) is 13.8 Å². The molecule has 6 nitrogen and oxygen atoms in total. The molecule has 0 saturated carbocycles. The maximum absolute atomic E-state index is 12.5. The third-order valence-corrected chi connectivity index (χ3v) is 6.93. The number of fused-ring (bicyclic) bond motifs is 1. The number of hydrogen-bond acceptors (Lipinski definition) is 5. The molecule has 1 aliphatic carbocycles. The van der Waals surface area contributed by atoms with Gasteiger partial charge >= 0.3 is 5.97 Å². The Bertz CT molecular complexity index is 1150. The SMILES string of the molecule is CCOC(=O)c1ccc(-n2c(C)cc(/C=N\NC(=O)c3cc4c(s3)CCCC4)c2C)cc1. The number of aromatic nitrogens is 1. The first-order chi connectivity index (χ1) is 15.5. The highest BCUT2D eigenvalue weighted by molar-refractivity contribution is 7.14. The molecule has 1 aliphatic rings. The molecule has 0 saturated heterocycles. The van der Waals surface area contributed by atoms with Crippen molar-refractivity contribution in [3.8, 4) is 5.69 Å². The Kier molecular flexibility index (Phi) is 6.55. The summed E-state index contributed by atoms with van der Waals surface area (Å²) < 4.78 is 7.14. The molecule has 7 heteroatoms. The molecule has 4 rings (SSSR count). The van der Waals surface area contributed by atoms with Crippen molar-refractivity contribution in [2.45, 2.75) is 46.5 Å². The summed E-state index contributed by atoms with van der Waals surface area (Å²) in [5.74, 6) is -0.487. The summed E-state index contributed by atoms with van der Waals surface area (Å²) in [5, 5.41) is 4.20. The molecule has 0 aliphatic heterocycles. The zero-order valence-corrected chi connectivity index (χ0v) is 19.4. The Morgan fingerprint density at radius 3 is 2.62 bits per heavy atom. The summed E-state index contributed by atoms with van der Waals surface area (Å²) in [4.78, 5) is 26.5. The number of nitrogens with one attached hydrogen (secondary N) is 1. The Labute approximate surface area is 191 Å². The molecule has 1 N–H and O–H groups in total. The fourth-order valence-electron chi connectivity index (χ4n) is 4.09. The Morgan fingerprint density at radius 2 is 1.91 bits per heavy atom. The summed E-state index contributed by atoms with van der Waals surface area (Å²) in [6.45, 7) is 6.16. The predicted molar refractivity (Wildman–Crippen MR) is 127 cm³/mol. The van der Waals surface area contributed by atoms with E-state index in [1.165, 1.54) is 23.3 Å². The summed E-state index contributed by atoms with van der Waals surface area (Å²) in [6.07, 6.45) is 6.22. The number of rotatable bonds is 6. The van der Waals surface area contributed by atoms with Crippen molar-refractivity contribution in [2.75, 3.05) is 6.61 Å². The van der Waals surface area contributed by atoms with E-state index in [-0.39, 0.29) is 11.9 Å². The van der Waals surface area contributed by atoms with E-state index < -0.39 is 0 Å². The average Bonchev–Trinajstić information content (AvgIpc) is 3.35. The van der Waals surface area contributed by atoms with Gasteiger partial charge in [0.25, 0.3) is 5.91 Å². The first-order valence-corrected chi connectivity index (χ1v) is 11.7. The molecule has 2 heterocycles. The molecule has 32 heavy (non-hydrogen) atoms. The monoisotopic (exact) mass is 449 g/mol. The van der Waals surface area contributed by atoms with E-state index in [0.717, 1.165) is 40.4 Å². The minimum atomic E-state index is -0.324. The smallest absolute Gasteiger partial charge is 0.338 e. The van der Waals surface area contributed by atoms with E-state index in [9.17, 15) is 9.59 Å². The minimum Gasteiger partial charge on any atom is -0.462 e. The highest BCUT2D eigenvalue weighted by Gasteiger charge is 2.17. The molecule has 0 bridgehead atoms. The minimum absolute atomic E-state index is 0.163. The van der Waals surface area contributed by atoms with Gasteiger partial charge in [-0.3, -0.25) is 4.79 Å². The van der Waals surface area contributed by atoms with Crippen LogP contribution in [0.15, 0.2) is 41.5 Å². The van der Waals surface area contributed by atoms with Gasteiger partial charge in [-0.1, -0.05) is 0 Å². The fraction of sp³-hybridized carbons (Fsp3) is 0.320. The van der Waals surface area contributed by atoms with Crippen molar-refractivity contribution in [2.24, 2.45) is 5.10 Å². The molecule has 0 fully saturated rings. The van der Waals surface area contributed by atoms with Crippen LogP contribution in [0.5, 0.6) is 0 Å². The molecule has 1 amide bonds. The van der Waals surface area contributed by atoms with Crippen LogP contribution in [0.2, 0.25) is 0 Å². The van der Waals surface area contributed by atoms with Gasteiger partial charge in [-0.2, -0.15) is 5.10 Å². The number of carbonyl (C=O) groups is 2. The van der Waals surface area contributed by atoms with Crippen molar-refractivity contribution >= 4 is 29.4 Å². The van der Waals surface area contributed by atoms with Crippen molar-refractivity contribution in [3.63, 3.8) is 0 Å². The van der Waals surface area contributed by atoms with Crippen LogP contribution >= 0.6 is 11.3 Å². The van der Waals surface area contributed by atoms with Gasteiger partial charge in [-0.25, -0.2) is 10.2 Å². The van der Waals surface area contributed by atoms with Crippen molar-refractivity contribution in [1.82, 2.24) is 9.99 Å². The lowest BCUT2D eigenvalue weighted by molar-refractivity contribution is 0.0526. The van der Waals surface area contributed by atoms with E-state index in [0.29, 0.717) is 12.2 Å². The number of aryl methyl sites for hydroxylation is 3. The van der Waals surface area contributed by atoms with Crippen LogP contribution in [0.25, 0.3) is 5.69 Å². The summed E-state index contributed by atoms with van der Waals surface area (Å²) in [6, 6.07) is 11.4. The van der Waals surface area contributed by atoms with Gasteiger partial charge in [0.1, 0.15) is 0 Å². The number of thiophene rings is 1. The first-order valence-electron chi connectivity index (χ1n) is 10.9. The van der Waals surface area contributed by atoms with Crippen LogP contribution in [0.4, 0.5) is 0 Å². The second kappa shape index (κ2) is 9.53. The number of hydrogen-bond donors (Lipinski definition) is 1. The highest BCUT2D eigenvalue weighted by atomic mass is 32.1. The fourth-order valence-corrected chi connectivity index (χ4v) is 5.24. The molecular weight excluding hydrogens is 422 g/mol. The molecule has 166 valence electrons. The van der Waals surface area contributed by atoms with E-state index in [4.69, 9.17) is 4.74 Å². The van der Waals surface area contributed by atoms with Crippen LogP contribution in [-0.2, 0) is 17.6 Å². The van der Waals surface area contributed by atoms with Crippen molar-refractivity contribution in [1.29, 1.82) is 0 Å².